The van der Waals surface area contributed by atoms with E-state index in [-0.39, 0.29) is 5.91 Å². The Morgan fingerprint density at radius 1 is 1.27 bits per heavy atom. The summed E-state index contributed by atoms with van der Waals surface area (Å²) in [5.41, 5.74) is 5.98. The quantitative estimate of drug-likeness (QED) is 0.881. The number of nitrogens with zero attached hydrogens (tertiary/aromatic N) is 1. The third kappa shape index (κ3) is 2.65. The lowest BCUT2D eigenvalue weighted by Crippen LogP contribution is -2.19. The number of fused-ring (bicyclic) bond motifs is 1. The third-order valence-corrected chi connectivity index (χ3v) is 4.68. The summed E-state index contributed by atoms with van der Waals surface area (Å²) >= 11 is 0. The summed E-state index contributed by atoms with van der Waals surface area (Å²) in [5.74, 6) is 0.907. The standard InChI is InChI=1S/C18H23N3O/c1-10-7-13(4)16-15(8-10)17(21-20-16)18(22)19-14-6-5-11(2)12(3)9-14/h5-6,9-10,13H,7-8H2,1-4H3,(H,19,22)(H,20,21). The maximum absolute atomic E-state index is 12.6. The molecule has 2 atom stereocenters. The van der Waals surface area contributed by atoms with Gasteiger partial charge in [-0.3, -0.25) is 9.89 Å². The molecule has 22 heavy (non-hydrogen) atoms. The van der Waals surface area contributed by atoms with Gasteiger partial charge in [0.1, 0.15) is 0 Å². The van der Waals surface area contributed by atoms with E-state index in [1.165, 1.54) is 11.1 Å². The number of aromatic nitrogens is 2. The molecule has 2 unspecified atom stereocenters. The number of anilines is 1. The first-order valence-electron chi connectivity index (χ1n) is 7.91. The normalized spacial score (nSPS) is 20.5. The lowest BCUT2D eigenvalue weighted by atomic mass is 9.81. The molecule has 0 bridgehead atoms. The second kappa shape index (κ2) is 5.59. The number of amides is 1. The van der Waals surface area contributed by atoms with Gasteiger partial charge in [-0.2, -0.15) is 5.10 Å². The first-order valence-corrected chi connectivity index (χ1v) is 7.91. The first-order chi connectivity index (χ1) is 10.5. The predicted molar refractivity (Wildman–Crippen MR) is 88.4 cm³/mol. The van der Waals surface area contributed by atoms with E-state index in [0.29, 0.717) is 17.5 Å². The van der Waals surface area contributed by atoms with Crippen LogP contribution in [0.2, 0.25) is 0 Å². The van der Waals surface area contributed by atoms with E-state index in [2.05, 4.69) is 36.3 Å². The number of H-pyrrole nitrogens is 1. The minimum absolute atomic E-state index is 0.123. The summed E-state index contributed by atoms with van der Waals surface area (Å²) < 4.78 is 0. The molecule has 1 amide bonds. The predicted octanol–water partition coefficient (Wildman–Crippen LogP) is 3.96. The SMILES string of the molecule is Cc1ccc(NC(=O)c2n[nH]c3c2CC(C)CC3C)cc1C. The first kappa shape index (κ1) is 14.8. The maximum Gasteiger partial charge on any atom is 0.276 e. The van der Waals surface area contributed by atoms with Crippen molar-refractivity contribution in [2.24, 2.45) is 5.92 Å². The molecule has 1 aliphatic rings. The van der Waals surface area contributed by atoms with Crippen LogP contribution in [0.25, 0.3) is 0 Å². The van der Waals surface area contributed by atoms with Crippen molar-refractivity contribution in [2.75, 3.05) is 5.32 Å². The van der Waals surface area contributed by atoms with Crippen molar-refractivity contribution in [2.45, 2.75) is 46.5 Å². The van der Waals surface area contributed by atoms with Crippen LogP contribution in [0.1, 0.15) is 59.1 Å². The lowest BCUT2D eigenvalue weighted by molar-refractivity contribution is 0.102. The Labute approximate surface area is 131 Å². The van der Waals surface area contributed by atoms with Gasteiger partial charge < -0.3 is 5.32 Å². The maximum atomic E-state index is 12.6. The van der Waals surface area contributed by atoms with Crippen LogP contribution in [-0.2, 0) is 6.42 Å². The van der Waals surface area contributed by atoms with Crippen molar-refractivity contribution in [1.82, 2.24) is 10.2 Å². The van der Waals surface area contributed by atoms with Crippen LogP contribution in [-0.4, -0.2) is 16.1 Å². The van der Waals surface area contributed by atoms with Crippen molar-refractivity contribution in [3.05, 3.63) is 46.3 Å². The Balaban J connectivity index is 1.85. The van der Waals surface area contributed by atoms with E-state index in [9.17, 15) is 4.79 Å². The molecule has 1 heterocycles. The fourth-order valence-corrected chi connectivity index (χ4v) is 3.34. The molecule has 2 aromatic rings. The zero-order valence-electron chi connectivity index (χ0n) is 13.7. The molecule has 116 valence electrons. The van der Waals surface area contributed by atoms with Crippen LogP contribution in [0.5, 0.6) is 0 Å². The van der Waals surface area contributed by atoms with Gasteiger partial charge in [0.2, 0.25) is 0 Å². The lowest BCUT2D eigenvalue weighted by Gasteiger charge is -2.24. The summed E-state index contributed by atoms with van der Waals surface area (Å²) in [6.07, 6.45) is 2.07. The molecule has 0 fully saturated rings. The summed E-state index contributed by atoms with van der Waals surface area (Å²) in [6, 6.07) is 5.96. The Kier molecular flexibility index (Phi) is 3.77. The molecular formula is C18H23N3O. The fourth-order valence-electron chi connectivity index (χ4n) is 3.34. The smallest absolute Gasteiger partial charge is 0.276 e. The monoisotopic (exact) mass is 297 g/mol. The van der Waals surface area contributed by atoms with Crippen LogP contribution in [0.3, 0.4) is 0 Å². The molecule has 0 radical (unpaired) electrons. The van der Waals surface area contributed by atoms with Crippen molar-refractivity contribution in [3.8, 4) is 0 Å². The van der Waals surface area contributed by atoms with E-state index < -0.39 is 0 Å². The molecular weight excluding hydrogens is 274 g/mol. The Morgan fingerprint density at radius 3 is 2.77 bits per heavy atom. The minimum Gasteiger partial charge on any atom is -0.321 e. The molecule has 1 aromatic carbocycles. The average Bonchev–Trinajstić information content (AvgIpc) is 2.87. The molecule has 4 nitrogen and oxygen atoms in total. The van der Waals surface area contributed by atoms with Gasteiger partial charge in [-0.1, -0.05) is 19.9 Å². The van der Waals surface area contributed by atoms with Crippen molar-refractivity contribution in [3.63, 3.8) is 0 Å². The number of nitrogens with one attached hydrogen (secondary N) is 2. The number of aromatic amines is 1. The number of carbonyl (C=O) groups excluding carboxylic acids is 1. The minimum atomic E-state index is -0.123. The van der Waals surface area contributed by atoms with E-state index in [4.69, 9.17) is 0 Å². The molecule has 0 spiro atoms. The zero-order valence-corrected chi connectivity index (χ0v) is 13.7. The third-order valence-electron chi connectivity index (χ3n) is 4.68. The topological polar surface area (TPSA) is 57.8 Å². The van der Waals surface area contributed by atoms with Crippen molar-refractivity contribution >= 4 is 11.6 Å². The Hall–Kier alpha value is -2.10. The van der Waals surface area contributed by atoms with Crippen LogP contribution >= 0.6 is 0 Å². The van der Waals surface area contributed by atoms with Gasteiger partial charge in [0.25, 0.3) is 5.91 Å². The number of hydrogen-bond donors (Lipinski definition) is 2. The number of rotatable bonds is 2. The number of hydrogen-bond acceptors (Lipinski definition) is 2. The van der Waals surface area contributed by atoms with Crippen LogP contribution < -0.4 is 5.32 Å². The van der Waals surface area contributed by atoms with Gasteiger partial charge >= 0.3 is 0 Å². The molecule has 0 saturated carbocycles. The van der Waals surface area contributed by atoms with Crippen LogP contribution in [0, 0.1) is 19.8 Å². The number of benzene rings is 1. The fraction of sp³-hybridized carbons (Fsp3) is 0.444. The van der Waals surface area contributed by atoms with Crippen LogP contribution in [0.4, 0.5) is 5.69 Å². The molecule has 1 aromatic heterocycles. The Bertz CT molecular complexity index is 717. The second-order valence-electron chi connectivity index (χ2n) is 6.66. The van der Waals surface area contributed by atoms with Gasteiger partial charge in [0.05, 0.1) is 0 Å². The highest BCUT2D eigenvalue weighted by atomic mass is 16.1. The Morgan fingerprint density at radius 2 is 2.05 bits per heavy atom. The van der Waals surface area contributed by atoms with E-state index >= 15 is 0 Å². The molecule has 0 saturated heterocycles. The summed E-state index contributed by atoms with van der Waals surface area (Å²) in [4.78, 5) is 12.6. The number of aryl methyl sites for hydroxylation is 2. The molecule has 1 aliphatic carbocycles. The highest BCUT2D eigenvalue weighted by Crippen LogP contribution is 2.34. The summed E-state index contributed by atoms with van der Waals surface area (Å²) in [7, 11) is 0. The molecule has 3 rings (SSSR count). The summed E-state index contributed by atoms with van der Waals surface area (Å²) in [5, 5.41) is 10.3. The van der Waals surface area contributed by atoms with E-state index in [1.807, 2.05) is 25.1 Å². The molecule has 4 heteroatoms. The molecule has 2 N–H and O–H groups in total. The number of carbonyl (C=O) groups is 1. The van der Waals surface area contributed by atoms with Crippen LogP contribution in [0.15, 0.2) is 18.2 Å². The second-order valence-corrected chi connectivity index (χ2v) is 6.66. The molecule has 0 aliphatic heterocycles. The van der Waals surface area contributed by atoms with Gasteiger partial charge in [0, 0.05) is 16.9 Å². The van der Waals surface area contributed by atoms with Gasteiger partial charge in [0.15, 0.2) is 5.69 Å². The largest absolute Gasteiger partial charge is 0.321 e. The van der Waals surface area contributed by atoms with Gasteiger partial charge in [-0.15, -0.1) is 0 Å². The van der Waals surface area contributed by atoms with Gasteiger partial charge in [-0.05, 0) is 61.8 Å². The highest BCUT2D eigenvalue weighted by molar-refractivity contribution is 6.04. The van der Waals surface area contributed by atoms with E-state index in [1.54, 1.807) is 0 Å². The van der Waals surface area contributed by atoms with E-state index in [0.717, 1.165) is 29.8 Å². The van der Waals surface area contributed by atoms with Gasteiger partial charge in [-0.25, -0.2) is 0 Å². The summed E-state index contributed by atoms with van der Waals surface area (Å²) in [6.45, 7) is 8.54. The zero-order chi connectivity index (χ0) is 15.9. The highest BCUT2D eigenvalue weighted by Gasteiger charge is 2.28. The average molecular weight is 297 g/mol. The van der Waals surface area contributed by atoms with Crippen molar-refractivity contribution in [1.29, 1.82) is 0 Å². The van der Waals surface area contributed by atoms with Crippen molar-refractivity contribution < 1.29 is 4.79 Å².